The van der Waals surface area contributed by atoms with Crippen molar-refractivity contribution in [3.05, 3.63) is 0 Å². The van der Waals surface area contributed by atoms with E-state index in [9.17, 15) is 0 Å². The minimum absolute atomic E-state index is 0.0374. The van der Waals surface area contributed by atoms with Crippen LogP contribution in [0.1, 0.15) is 13.3 Å². The predicted molar refractivity (Wildman–Crippen MR) is 37.9 cm³/mol. The number of nitrogens with two attached hydrogens (primary N) is 2. The van der Waals surface area contributed by atoms with Crippen molar-refractivity contribution in [1.29, 1.82) is 0 Å². The molecule has 0 aromatic carbocycles. The van der Waals surface area contributed by atoms with E-state index in [0.717, 1.165) is 6.42 Å². The van der Waals surface area contributed by atoms with Crippen LogP contribution in [-0.2, 0) is 0 Å². The van der Waals surface area contributed by atoms with Crippen LogP contribution in [0.25, 0.3) is 0 Å². The molecule has 3 heteroatoms. The third-order valence-corrected chi connectivity index (χ3v) is 1.64. The molecule has 0 spiro atoms. The van der Waals surface area contributed by atoms with Gasteiger partial charge in [-0.05, 0) is 12.5 Å². The van der Waals surface area contributed by atoms with Crippen molar-refractivity contribution in [2.75, 3.05) is 13.2 Å². The lowest BCUT2D eigenvalue weighted by Crippen LogP contribution is -2.37. The molecule has 0 saturated carbocycles. The van der Waals surface area contributed by atoms with E-state index in [1.54, 1.807) is 0 Å². The topological polar surface area (TPSA) is 72.3 Å². The molecule has 0 amide bonds. The second kappa shape index (κ2) is 4.73. The summed E-state index contributed by atoms with van der Waals surface area (Å²) in [5.74, 6) is 0.273. The van der Waals surface area contributed by atoms with Crippen LogP contribution >= 0.6 is 0 Å². The predicted octanol–water partition coefficient (Wildman–Crippen LogP) is -0.709. The molecule has 0 aromatic rings. The lowest BCUT2D eigenvalue weighted by molar-refractivity contribution is 0.225. The maximum Gasteiger partial charge on any atom is 0.0585 e. The van der Waals surface area contributed by atoms with Gasteiger partial charge in [0.05, 0.1) is 6.61 Å². The van der Waals surface area contributed by atoms with Crippen molar-refractivity contribution >= 4 is 0 Å². The first-order valence-electron chi connectivity index (χ1n) is 3.32. The Morgan fingerprint density at radius 1 is 1.56 bits per heavy atom. The molecule has 0 bridgehead atoms. The summed E-state index contributed by atoms with van der Waals surface area (Å²) in [7, 11) is 0. The summed E-state index contributed by atoms with van der Waals surface area (Å²) in [4.78, 5) is 0. The van der Waals surface area contributed by atoms with Crippen molar-refractivity contribution in [2.24, 2.45) is 17.4 Å². The zero-order valence-corrected chi connectivity index (χ0v) is 5.88. The molecule has 0 heterocycles. The molecule has 0 aliphatic carbocycles. The summed E-state index contributed by atoms with van der Waals surface area (Å²) < 4.78 is 0. The molecule has 0 rings (SSSR count). The Hall–Kier alpha value is -0.120. The van der Waals surface area contributed by atoms with Gasteiger partial charge in [-0.15, -0.1) is 0 Å². The molecule has 0 aromatic heterocycles. The standard InChI is InChI=1S/C6H16N2O/c1-2-5(3-7)6(8)4-9/h5-6,9H,2-4,7-8H2,1H3. The van der Waals surface area contributed by atoms with Crippen LogP contribution in [0.5, 0.6) is 0 Å². The Morgan fingerprint density at radius 3 is 2.22 bits per heavy atom. The Morgan fingerprint density at radius 2 is 2.11 bits per heavy atom. The summed E-state index contributed by atoms with van der Waals surface area (Å²) >= 11 is 0. The third-order valence-electron chi connectivity index (χ3n) is 1.64. The minimum atomic E-state index is -0.139. The average Bonchev–Trinajstić information content (AvgIpc) is 1.90. The Kier molecular flexibility index (Phi) is 4.67. The Balaban J connectivity index is 3.50. The van der Waals surface area contributed by atoms with Crippen LogP contribution < -0.4 is 11.5 Å². The molecule has 0 radical (unpaired) electrons. The van der Waals surface area contributed by atoms with Crippen LogP contribution in [0.15, 0.2) is 0 Å². The molecule has 0 aliphatic rings. The van der Waals surface area contributed by atoms with E-state index in [1.165, 1.54) is 0 Å². The van der Waals surface area contributed by atoms with Gasteiger partial charge in [-0.1, -0.05) is 13.3 Å². The van der Waals surface area contributed by atoms with E-state index >= 15 is 0 Å². The van der Waals surface area contributed by atoms with Gasteiger partial charge in [0.15, 0.2) is 0 Å². The first-order chi connectivity index (χ1) is 4.26. The number of rotatable bonds is 4. The zero-order chi connectivity index (χ0) is 7.28. The van der Waals surface area contributed by atoms with Crippen molar-refractivity contribution in [3.8, 4) is 0 Å². The lowest BCUT2D eigenvalue weighted by Gasteiger charge is -2.17. The van der Waals surface area contributed by atoms with E-state index in [4.69, 9.17) is 16.6 Å². The van der Waals surface area contributed by atoms with Gasteiger partial charge in [0.2, 0.25) is 0 Å². The molecule has 0 aliphatic heterocycles. The Bertz CT molecular complexity index is 64.1. The first-order valence-corrected chi connectivity index (χ1v) is 3.32. The zero-order valence-electron chi connectivity index (χ0n) is 5.88. The fraction of sp³-hybridized carbons (Fsp3) is 1.00. The maximum atomic E-state index is 8.59. The van der Waals surface area contributed by atoms with Crippen molar-refractivity contribution in [1.82, 2.24) is 0 Å². The monoisotopic (exact) mass is 132 g/mol. The number of hydrogen-bond donors (Lipinski definition) is 3. The van der Waals surface area contributed by atoms with Crippen molar-refractivity contribution < 1.29 is 5.11 Å². The molecular formula is C6H16N2O. The van der Waals surface area contributed by atoms with Crippen LogP contribution in [0.2, 0.25) is 0 Å². The van der Waals surface area contributed by atoms with E-state index < -0.39 is 0 Å². The fourth-order valence-electron chi connectivity index (χ4n) is 0.793. The van der Waals surface area contributed by atoms with Crippen LogP contribution in [0.3, 0.4) is 0 Å². The molecule has 3 nitrogen and oxygen atoms in total. The number of aliphatic hydroxyl groups excluding tert-OH is 1. The molecular weight excluding hydrogens is 116 g/mol. The van der Waals surface area contributed by atoms with E-state index in [2.05, 4.69) is 0 Å². The van der Waals surface area contributed by atoms with Gasteiger partial charge >= 0.3 is 0 Å². The quantitative estimate of drug-likeness (QED) is 0.473. The summed E-state index contributed by atoms with van der Waals surface area (Å²) in [5.41, 5.74) is 10.9. The molecule has 0 saturated heterocycles. The fourth-order valence-corrected chi connectivity index (χ4v) is 0.793. The van der Waals surface area contributed by atoms with Gasteiger partial charge in [0.25, 0.3) is 0 Å². The third kappa shape index (κ3) is 2.79. The van der Waals surface area contributed by atoms with E-state index in [0.29, 0.717) is 6.54 Å². The van der Waals surface area contributed by atoms with Gasteiger partial charge < -0.3 is 16.6 Å². The van der Waals surface area contributed by atoms with Crippen LogP contribution in [0, 0.1) is 5.92 Å². The molecule has 9 heavy (non-hydrogen) atoms. The summed E-state index contributed by atoms with van der Waals surface area (Å²) in [6.07, 6.45) is 0.943. The average molecular weight is 132 g/mol. The lowest BCUT2D eigenvalue weighted by atomic mass is 9.99. The normalized spacial score (nSPS) is 17.3. The second-order valence-corrected chi connectivity index (χ2v) is 2.25. The summed E-state index contributed by atoms with van der Waals surface area (Å²) in [6.45, 7) is 2.63. The second-order valence-electron chi connectivity index (χ2n) is 2.25. The Labute approximate surface area is 56.0 Å². The van der Waals surface area contributed by atoms with E-state index in [1.807, 2.05) is 6.92 Å². The first kappa shape index (κ1) is 8.88. The van der Waals surface area contributed by atoms with Crippen LogP contribution in [-0.4, -0.2) is 24.3 Å². The van der Waals surface area contributed by atoms with Gasteiger partial charge in [-0.25, -0.2) is 0 Å². The molecule has 2 atom stereocenters. The molecule has 56 valence electrons. The molecule has 0 fully saturated rings. The van der Waals surface area contributed by atoms with Crippen molar-refractivity contribution in [3.63, 3.8) is 0 Å². The maximum absolute atomic E-state index is 8.59. The van der Waals surface area contributed by atoms with Crippen molar-refractivity contribution in [2.45, 2.75) is 19.4 Å². The number of aliphatic hydroxyl groups is 1. The SMILES string of the molecule is CCC(CN)C(N)CO. The highest BCUT2D eigenvalue weighted by Gasteiger charge is 2.11. The van der Waals surface area contributed by atoms with Gasteiger partial charge in [0, 0.05) is 6.04 Å². The van der Waals surface area contributed by atoms with Gasteiger partial charge in [-0.2, -0.15) is 0 Å². The highest BCUT2D eigenvalue weighted by atomic mass is 16.3. The van der Waals surface area contributed by atoms with Gasteiger partial charge in [0.1, 0.15) is 0 Å². The smallest absolute Gasteiger partial charge is 0.0585 e. The van der Waals surface area contributed by atoms with Crippen LogP contribution in [0.4, 0.5) is 0 Å². The minimum Gasteiger partial charge on any atom is -0.395 e. The molecule has 2 unspecified atom stereocenters. The summed E-state index contributed by atoms with van der Waals surface area (Å²) in [6, 6.07) is -0.139. The summed E-state index contributed by atoms with van der Waals surface area (Å²) in [5, 5.41) is 8.59. The van der Waals surface area contributed by atoms with E-state index in [-0.39, 0.29) is 18.6 Å². The van der Waals surface area contributed by atoms with Gasteiger partial charge in [-0.3, -0.25) is 0 Å². The highest BCUT2D eigenvalue weighted by molar-refractivity contribution is 4.70. The largest absolute Gasteiger partial charge is 0.395 e. The molecule has 5 N–H and O–H groups in total. The number of hydrogen-bond acceptors (Lipinski definition) is 3. The highest BCUT2D eigenvalue weighted by Crippen LogP contribution is 2.02.